The Morgan fingerprint density at radius 3 is 2.39 bits per heavy atom. The summed E-state index contributed by atoms with van der Waals surface area (Å²) in [6.07, 6.45) is -0.433. The number of alkyl halides is 3. The lowest BCUT2D eigenvalue weighted by Crippen LogP contribution is -2.09. The fourth-order valence-corrected chi connectivity index (χ4v) is 1.69. The van der Waals surface area contributed by atoms with Gasteiger partial charge in [0.05, 0.1) is 5.56 Å². The van der Waals surface area contributed by atoms with Crippen LogP contribution in [0.2, 0.25) is 0 Å². The van der Waals surface area contributed by atoms with Gasteiger partial charge in [0.15, 0.2) is 0 Å². The fraction of sp³-hybridized carbons (Fsp3) is 0.250. The maximum absolute atomic E-state index is 12.4. The van der Waals surface area contributed by atoms with Crippen LogP contribution in [0, 0.1) is 0 Å². The summed E-state index contributed by atoms with van der Waals surface area (Å²) in [7, 11) is 0. The third kappa shape index (κ3) is 2.53. The standard InChI is InChI=1S/C12H12F3N3/c13-12(14,15)9-1-3-10(4-2-9)18-8-7-17-11(18)5-6-16/h1-4,7-8H,5-6,16H2. The van der Waals surface area contributed by atoms with Gasteiger partial charge in [-0.3, -0.25) is 0 Å². The highest BCUT2D eigenvalue weighted by Crippen LogP contribution is 2.29. The smallest absolute Gasteiger partial charge is 0.330 e. The normalized spacial score (nSPS) is 11.8. The molecular formula is C12H12F3N3. The molecule has 0 aliphatic carbocycles. The zero-order valence-corrected chi connectivity index (χ0v) is 9.48. The number of rotatable bonds is 3. The Bertz CT molecular complexity index is 514. The number of imidazole rings is 1. The Hall–Kier alpha value is -1.82. The van der Waals surface area contributed by atoms with Gasteiger partial charge in [-0.15, -0.1) is 0 Å². The Morgan fingerprint density at radius 2 is 1.83 bits per heavy atom. The van der Waals surface area contributed by atoms with Crippen LogP contribution in [0.3, 0.4) is 0 Å². The van der Waals surface area contributed by atoms with Gasteiger partial charge in [0, 0.05) is 24.5 Å². The summed E-state index contributed by atoms with van der Waals surface area (Å²) < 4.78 is 39.0. The number of aromatic nitrogens is 2. The van der Waals surface area contributed by atoms with E-state index in [9.17, 15) is 13.2 Å². The first-order valence-corrected chi connectivity index (χ1v) is 5.42. The quantitative estimate of drug-likeness (QED) is 0.915. The molecule has 18 heavy (non-hydrogen) atoms. The van der Waals surface area contributed by atoms with E-state index in [0.717, 1.165) is 18.0 Å². The first-order valence-electron chi connectivity index (χ1n) is 5.42. The van der Waals surface area contributed by atoms with E-state index in [1.54, 1.807) is 17.0 Å². The van der Waals surface area contributed by atoms with Crippen LogP contribution >= 0.6 is 0 Å². The summed E-state index contributed by atoms with van der Waals surface area (Å²) in [5.41, 5.74) is 5.43. The Kier molecular flexibility index (Phi) is 3.38. The average molecular weight is 255 g/mol. The summed E-state index contributed by atoms with van der Waals surface area (Å²) in [5.74, 6) is 0.734. The van der Waals surface area contributed by atoms with Crippen molar-refractivity contribution in [2.24, 2.45) is 5.73 Å². The van der Waals surface area contributed by atoms with Gasteiger partial charge in [0.1, 0.15) is 5.82 Å². The molecule has 0 radical (unpaired) electrons. The van der Waals surface area contributed by atoms with Crippen LogP contribution in [0.15, 0.2) is 36.7 Å². The fourth-order valence-electron chi connectivity index (χ4n) is 1.69. The number of hydrogen-bond acceptors (Lipinski definition) is 2. The molecule has 1 aromatic carbocycles. The molecule has 96 valence electrons. The molecule has 0 unspecified atom stereocenters. The third-order valence-electron chi connectivity index (χ3n) is 2.56. The molecule has 2 rings (SSSR count). The molecule has 0 spiro atoms. The maximum Gasteiger partial charge on any atom is 0.416 e. The van der Waals surface area contributed by atoms with Gasteiger partial charge >= 0.3 is 6.18 Å². The molecule has 6 heteroatoms. The lowest BCUT2D eigenvalue weighted by atomic mass is 10.2. The molecule has 0 fully saturated rings. The van der Waals surface area contributed by atoms with Gasteiger partial charge in [-0.2, -0.15) is 13.2 Å². The van der Waals surface area contributed by atoms with Crippen LogP contribution in [-0.4, -0.2) is 16.1 Å². The predicted octanol–water partition coefficient (Wildman–Crippen LogP) is 2.39. The summed E-state index contributed by atoms with van der Waals surface area (Å²) in [4.78, 5) is 4.11. The second-order valence-corrected chi connectivity index (χ2v) is 3.80. The molecule has 2 N–H and O–H groups in total. The van der Waals surface area contributed by atoms with E-state index in [1.807, 2.05) is 0 Å². The zero-order chi connectivity index (χ0) is 13.2. The molecule has 0 aliphatic rings. The minimum atomic E-state index is -4.31. The van der Waals surface area contributed by atoms with E-state index in [-0.39, 0.29) is 0 Å². The van der Waals surface area contributed by atoms with Crippen molar-refractivity contribution in [3.05, 3.63) is 48.0 Å². The lowest BCUT2D eigenvalue weighted by molar-refractivity contribution is -0.137. The largest absolute Gasteiger partial charge is 0.416 e. The van der Waals surface area contributed by atoms with Crippen LogP contribution in [0.25, 0.3) is 5.69 Å². The summed E-state index contributed by atoms with van der Waals surface area (Å²) in [5, 5.41) is 0. The van der Waals surface area contributed by atoms with Gasteiger partial charge in [-0.25, -0.2) is 4.98 Å². The minimum Gasteiger partial charge on any atom is -0.330 e. The molecular weight excluding hydrogens is 243 g/mol. The van der Waals surface area contributed by atoms with Crippen molar-refractivity contribution in [2.75, 3.05) is 6.54 Å². The Labute approximate surface area is 102 Å². The molecule has 0 amide bonds. The van der Waals surface area contributed by atoms with E-state index in [2.05, 4.69) is 4.98 Å². The van der Waals surface area contributed by atoms with E-state index >= 15 is 0 Å². The van der Waals surface area contributed by atoms with Crippen molar-refractivity contribution in [3.8, 4) is 5.69 Å². The lowest BCUT2D eigenvalue weighted by Gasteiger charge is -2.10. The Balaban J connectivity index is 2.32. The number of halogens is 3. The molecule has 2 aromatic rings. The number of nitrogens with zero attached hydrogens (tertiary/aromatic N) is 2. The van der Waals surface area contributed by atoms with Gasteiger partial charge in [0.25, 0.3) is 0 Å². The van der Waals surface area contributed by atoms with E-state index < -0.39 is 11.7 Å². The number of benzene rings is 1. The highest BCUT2D eigenvalue weighted by atomic mass is 19.4. The summed E-state index contributed by atoms with van der Waals surface area (Å²) >= 11 is 0. The number of nitrogens with two attached hydrogens (primary N) is 1. The average Bonchev–Trinajstić information content (AvgIpc) is 2.77. The van der Waals surface area contributed by atoms with Crippen LogP contribution in [0.4, 0.5) is 13.2 Å². The third-order valence-corrected chi connectivity index (χ3v) is 2.56. The molecule has 0 bridgehead atoms. The molecule has 1 heterocycles. The monoisotopic (exact) mass is 255 g/mol. The van der Waals surface area contributed by atoms with Crippen molar-refractivity contribution < 1.29 is 13.2 Å². The SMILES string of the molecule is NCCc1nccn1-c1ccc(C(F)(F)F)cc1. The molecule has 3 nitrogen and oxygen atoms in total. The van der Waals surface area contributed by atoms with Crippen LogP contribution < -0.4 is 5.73 Å². The highest BCUT2D eigenvalue weighted by molar-refractivity contribution is 5.36. The van der Waals surface area contributed by atoms with E-state index in [1.165, 1.54) is 12.1 Å². The number of hydrogen-bond donors (Lipinski definition) is 1. The van der Waals surface area contributed by atoms with Gasteiger partial charge in [0.2, 0.25) is 0 Å². The van der Waals surface area contributed by atoms with Crippen molar-refractivity contribution in [2.45, 2.75) is 12.6 Å². The molecule has 1 aromatic heterocycles. The molecule has 0 aliphatic heterocycles. The first kappa shape index (κ1) is 12.6. The van der Waals surface area contributed by atoms with Crippen molar-refractivity contribution in [1.29, 1.82) is 0 Å². The van der Waals surface area contributed by atoms with E-state index in [0.29, 0.717) is 18.7 Å². The summed E-state index contributed by atoms with van der Waals surface area (Å²) in [6, 6.07) is 4.96. The van der Waals surface area contributed by atoms with E-state index in [4.69, 9.17) is 5.73 Å². The van der Waals surface area contributed by atoms with Crippen molar-refractivity contribution >= 4 is 0 Å². The van der Waals surface area contributed by atoms with Gasteiger partial charge in [-0.1, -0.05) is 0 Å². The van der Waals surface area contributed by atoms with Crippen molar-refractivity contribution in [1.82, 2.24) is 9.55 Å². The maximum atomic E-state index is 12.4. The predicted molar refractivity (Wildman–Crippen MR) is 61.3 cm³/mol. The highest BCUT2D eigenvalue weighted by Gasteiger charge is 2.30. The second kappa shape index (κ2) is 4.81. The topological polar surface area (TPSA) is 43.8 Å². The van der Waals surface area contributed by atoms with Crippen molar-refractivity contribution in [3.63, 3.8) is 0 Å². The zero-order valence-electron chi connectivity index (χ0n) is 9.48. The summed E-state index contributed by atoms with van der Waals surface area (Å²) in [6.45, 7) is 0.442. The van der Waals surface area contributed by atoms with Crippen LogP contribution in [0.5, 0.6) is 0 Å². The molecule has 0 atom stereocenters. The van der Waals surface area contributed by atoms with Gasteiger partial charge < -0.3 is 10.3 Å². The molecule has 0 saturated carbocycles. The van der Waals surface area contributed by atoms with Gasteiger partial charge in [-0.05, 0) is 30.8 Å². The Morgan fingerprint density at radius 1 is 1.17 bits per heavy atom. The minimum absolute atomic E-state index is 0.442. The first-order chi connectivity index (χ1) is 8.52. The second-order valence-electron chi connectivity index (χ2n) is 3.80. The van der Waals surface area contributed by atoms with Crippen LogP contribution in [-0.2, 0) is 12.6 Å². The van der Waals surface area contributed by atoms with Crippen LogP contribution in [0.1, 0.15) is 11.4 Å². The molecule has 0 saturated heterocycles.